The minimum atomic E-state index is -0.276. The van der Waals surface area contributed by atoms with Crippen molar-refractivity contribution in [2.75, 3.05) is 6.54 Å². The van der Waals surface area contributed by atoms with Crippen LogP contribution in [0.5, 0.6) is 0 Å². The Labute approximate surface area is 224 Å². The van der Waals surface area contributed by atoms with Gasteiger partial charge in [-0.15, -0.1) is 0 Å². The Hall–Kier alpha value is -3.58. The third kappa shape index (κ3) is 4.42. The largest absolute Gasteiger partial charge is 0.353 e. The minimum Gasteiger partial charge on any atom is -0.353 e. The van der Waals surface area contributed by atoms with E-state index in [2.05, 4.69) is 34.6 Å². The lowest BCUT2D eigenvalue weighted by atomic mass is 9.83. The summed E-state index contributed by atoms with van der Waals surface area (Å²) in [5, 5.41) is 16.3. The first-order chi connectivity index (χ1) is 18.0. The molecule has 0 aliphatic carbocycles. The van der Waals surface area contributed by atoms with Crippen molar-refractivity contribution in [1.82, 2.24) is 4.98 Å². The number of nitrogens with one attached hydrogen (secondary N) is 1. The Balaban J connectivity index is 1.44. The van der Waals surface area contributed by atoms with Crippen LogP contribution in [0, 0.1) is 17.0 Å². The number of rotatable bonds is 5. The third-order valence-corrected chi connectivity index (χ3v) is 8.53. The van der Waals surface area contributed by atoms with E-state index in [9.17, 15) is 10.1 Å². The number of aryl methyl sites for hydroxylation is 1. The summed E-state index contributed by atoms with van der Waals surface area (Å²) >= 11 is 8.06. The number of nitrogens with two attached hydrogens (primary N) is 1. The van der Waals surface area contributed by atoms with Crippen LogP contribution in [-0.4, -0.2) is 16.5 Å². The molecule has 7 heteroatoms. The van der Waals surface area contributed by atoms with Crippen molar-refractivity contribution < 1.29 is 10.2 Å². The van der Waals surface area contributed by atoms with Gasteiger partial charge in [-0.1, -0.05) is 83.5 Å². The SMILES string of the molecule is Cc1ccc(Sc2ccc([C@@H]3[NH2+]C[C@H](c4ccccc4Cl)c4c3[nH]c3ccccc43)cc2[N+](=O)[O-])cc1. The fraction of sp³-hybridized carbons (Fsp3) is 0.133. The fourth-order valence-electron chi connectivity index (χ4n) is 5.35. The Bertz CT molecular complexity index is 1630. The summed E-state index contributed by atoms with van der Waals surface area (Å²) in [7, 11) is 0. The number of quaternary nitrogens is 1. The lowest BCUT2D eigenvalue weighted by molar-refractivity contribution is -0.692. The molecule has 184 valence electrons. The highest BCUT2D eigenvalue weighted by Gasteiger charge is 2.37. The van der Waals surface area contributed by atoms with E-state index < -0.39 is 0 Å². The van der Waals surface area contributed by atoms with Crippen molar-refractivity contribution >= 4 is 40.0 Å². The number of nitro benzene ring substituents is 1. The van der Waals surface area contributed by atoms with Crippen LogP contribution in [0.3, 0.4) is 0 Å². The summed E-state index contributed by atoms with van der Waals surface area (Å²) in [6.07, 6.45) is 0. The maximum atomic E-state index is 12.1. The number of aromatic nitrogens is 1. The van der Waals surface area contributed by atoms with Gasteiger partial charge in [0.1, 0.15) is 0 Å². The second-order valence-corrected chi connectivity index (χ2v) is 10.9. The lowest BCUT2D eigenvalue weighted by Crippen LogP contribution is -2.88. The molecule has 1 aromatic heterocycles. The fourth-order valence-corrected chi connectivity index (χ4v) is 6.51. The van der Waals surface area contributed by atoms with E-state index in [4.69, 9.17) is 11.6 Å². The van der Waals surface area contributed by atoms with Crippen molar-refractivity contribution in [2.24, 2.45) is 0 Å². The van der Waals surface area contributed by atoms with Crippen molar-refractivity contribution in [3.8, 4) is 0 Å². The van der Waals surface area contributed by atoms with E-state index in [1.165, 1.54) is 22.7 Å². The number of hydrogen-bond donors (Lipinski definition) is 2. The van der Waals surface area contributed by atoms with Gasteiger partial charge in [0.25, 0.3) is 5.69 Å². The summed E-state index contributed by atoms with van der Waals surface area (Å²) in [4.78, 5) is 17.1. The number of hydrogen-bond acceptors (Lipinski definition) is 3. The van der Waals surface area contributed by atoms with Crippen molar-refractivity contribution in [3.05, 3.63) is 134 Å². The molecule has 0 fully saturated rings. The number of fused-ring (bicyclic) bond motifs is 3. The average molecular weight is 527 g/mol. The molecule has 5 nitrogen and oxygen atoms in total. The van der Waals surface area contributed by atoms with Crippen molar-refractivity contribution in [2.45, 2.75) is 28.7 Å². The number of H-pyrrole nitrogens is 1. The van der Waals surface area contributed by atoms with Gasteiger partial charge in [0, 0.05) is 38.0 Å². The van der Waals surface area contributed by atoms with Gasteiger partial charge in [-0.25, -0.2) is 0 Å². The quantitative estimate of drug-likeness (QED) is 0.191. The molecule has 4 aromatic carbocycles. The molecule has 0 saturated carbocycles. The maximum Gasteiger partial charge on any atom is 0.283 e. The zero-order valence-electron chi connectivity index (χ0n) is 20.1. The van der Waals surface area contributed by atoms with Crippen LogP contribution in [0.4, 0.5) is 5.69 Å². The first-order valence-electron chi connectivity index (χ1n) is 12.2. The molecule has 2 heterocycles. The molecule has 0 amide bonds. The van der Waals surface area contributed by atoms with E-state index in [1.54, 1.807) is 6.07 Å². The normalized spacial score (nSPS) is 17.0. The number of halogens is 1. The smallest absolute Gasteiger partial charge is 0.283 e. The first kappa shape index (κ1) is 23.8. The molecule has 0 saturated heterocycles. The van der Waals surface area contributed by atoms with Gasteiger partial charge in [0.2, 0.25) is 0 Å². The summed E-state index contributed by atoms with van der Waals surface area (Å²) in [5.41, 5.74) is 6.65. The predicted octanol–water partition coefficient (Wildman–Crippen LogP) is 6.99. The van der Waals surface area contributed by atoms with Gasteiger partial charge in [-0.05, 0) is 42.8 Å². The standard InChI is InChI=1S/C30H24ClN3O2S/c1-18-10-13-20(14-11-18)37-27-15-12-19(16-26(27)34(35)36)29-30-28(22-7-3-5-9-25(22)33-30)23(17-32-29)21-6-2-4-8-24(21)31/h2-16,23,29,32-33H,17H2,1H3/p+1/t23-,29+/m1/s1. The van der Waals surface area contributed by atoms with Gasteiger partial charge in [0.05, 0.1) is 28.0 Å². The highest BCUT2D eigenvalue weighted by molar-refractivity contribution is 7.99. The van der Waals surface area contributed by atoms with Gasteiger partial charge in [-0.3, -0.25) is 10.1 Å². The topological polar surface area (TPSA) is 75.5 Å². The van der Waals surface area contributed by atoms with Crippen molar-refractivity contribution in [1.29, 1.82) is 0 Å². The summed E-state index contributed by atoms with van der Waals surface area (Å²) in [5.74, 6) is 0.113. The van der Waals surface area contributed by atoms with E-state index in [0.29, 0.717) is 4.90 Å². The molecule has 0 bridgehead atoms. The Morgan fingerprint density at radius 3 is 2.54 bits per heavy atom. The van der Waals surface area contributed by atoms with Crippen LogP contribution < -0.4 is 5.32 Å². The van der Waals surface area contributed by atoms with Crippen LogP contribution in [0.2, 0.25) is 5.02 Å². The Morgan fingerprint density at radius 2 is 1.76 bits per heavy atom. The van der Waals surface area contributed by atoms with E-state index in [-0.39, 0.29) is 22.6 Å². The first-order valence-corrected chi connectivity index (χ1v) is 13.4. The molecule has 3 N–H and O–H groups in total. The van der Waals surface area contributed by atoms with E-state index in [1.807, 2.05) is 67.6 Å². The van der Waals surface area contributed by atoms with E-state index >= 15 is 0 Å². The molecular weight excluding hydrogens is 502 g/mol. The van der Waals surface area contributed by atoms with Crippen LogP contribution in [0.15, 0.2) is 101 Å². The Morgan fingerprint density at radius 1 is 1.00 bits per heavy atom. The molecule has 2 atom stereocenters. The molecule has 1 aliphatic heterocycles. The molecule has 0 radical (unpaired) electrons. The predicted molar refractivity (Wildman–Crippen MR) is 149 cm³/mol. The third-order valence-electron chi connectivity index (χ3n) is 7.11. The van der Waals surface area contributed by atoms with Crippen LogP contribution in [0.25, 0.3) is 10.9 Å². The Kier molecular flexibility index (Phi) is 6.24. The monoisotopic (exact) mass is 526 g/mol. The number of para-hydroxylation sites is 1. The number of nitrogens with zero attached hydrogens (tertiary/aromatic N) is 1. The molecule has 1 aliphatic rings. The van der Waals surface area contributed by atoms with Crippen molar-refractivity contribution in [3.63, 3.8) is 0 Å². The highest BCUT2D eigenvalue weighted by atomic mass is 35.5. The molecule has 5 aromatic rings. The highest BCUT2D eigenvalue weighted by Crippen LogP contribution is 2.42. The minimum absolute atomic E-state index is 0.0849. The van der Waals surface area contributed by atoms with Gasteiger partial charge in [-0.2, -0.15) is 0 Å². The molecule has 6 rings (SSSR count). The molecular formula is C30H25ClN3O2S+. The molecule has 37 heavy (non-hydrogen) atoms. The lowest BCUT2D eigenvalue weighted by Gasteiger charge is -2.29. The zero-order chi connectivity index (χ0) is 25.5. The van der Waals surface area contributed by atoms with E-state index in [0.717, 1.165) is 44.4 Å². The molecule has 0 unspecified atom stereocenters. The second-order valence-electron chi connectivity index (χ2n) is 9.42. The van der Waals surface area contributed by atoms with Crippen LogP contribution in [0.1, 0.15) is 39.9 Å². The summed E-state index contributed by atoms with van der Waals surface area (Å²) in [6.45, 7) is 2.82. The van der Waals surface area contributed by atoms with Crippen LogP contribution in [-0.2, 0) is 0 Å². The number of aromatic amines is 1. The van der Waals surface area contributed by atoms with Gasteiger partial charge < -0.3 is 10.3 Å². The summed E-state index contributed by atoms with van der Waals surface area (Å²) in [6, 6.07) is 29.9. The van der Waals surface area contributed by atoms with Crippen LogP contribution >= 0.6 is 23.4 Å². The second kappa shape index (κ2) is 9.71. The maximum absolute atomic E-state index is 12.1. The van der Waals surface area contributed by atoms with Gasteiger partial charge >= 0.3 is 0 Å². The molecule has 0 spiro atoms. The number of benzene rings is 4. The zero-order valence-corrected chi connectivity index (χ0v) is 21.7. The number of nitro groups is 1. The average Bonchev–Trinajstić information content (AvgIpc) is 3.30. The van der Waals surface area contributed by atoms with Gasteiger partial charge in [0.15, 0.2) is 6.04 Å². The summed E-state index contributed by atoms with van der Waals surface area (Å²) < 4.78 is 0.